The van der Waals surface area contributed by atoms with Crippen molar-refractivity contribution in [3.05, 3.63) is 69.7 Å². The van der Waals surface area contributed by atoms with Gasteiger partial charge in [0.1, 0.15) is 21.8 Å². The van der Waals surface area contributed by atoms with Crippen molar-refractivity contribution in [3.63, 3.8) is 0 Å². The zero-order chi connectivity index (χ0) is 19.0. The number of rotatable bonds is 4. The minimum absolute atomic E-state index is 0.0796. The fraction of sp³-hybridized carbons (Fsp3) is 0.0526. The molecule has 1 heterocycles. The van der Waals surface area contributed by atoms with Gasteiger partial charge in [0.05, 0.1) is 28.8 Å². The Hall–Kier alpha value is -3.45. The Bertz CT molecular complexity index is 1200. The number of nitrogens with zero attached hydrogens (tertiary/aromatic N) is 3. The van der Waals surface area contributed by atoms with E-state index in [9.17, 15) is 10.1 Å². The van der Waals surface area contributed by atoms with Crippen LogP contribution in [0.4, 0.5) is 17.1 Å². The van der Waals surface area contributed by atoms with Gasteiger partial charge in [0.15, 0.2) is 0 Å². The zero-order valence-corrected chi connectivity index (χ0v) is 14.9. The summed E-state index contributed by atoms with van der Waals surface area (Å²) in [5, 5.41) is 14.4. The molecule has 4 rings (SSSR count). The summed E-state index contributed by atoms with van der Waals surface area (Å²) in [5.41, 5.74) is 3.70. The van der Waals surface area contributed by atoms with E-state index in [1.807, 2.05) is 24.3 Å². The summed E-state index contributed by atoms with van der Waals surface area (Å²) >= 11 is 5.89. The molecule has 0 saturated carbocycles. The molecular formula is C19H13ClN4O3. The number of benzene rings is 3. The number of nitro benzene ring substituents is 1. The van der Waals surface area contributed by atoms with Crippen LogP contribution in [0.15, 0.2) is 54.6 Å². The summed E-state index contributed by atoms with van der Waals surface area (Å²) in [6.07, 6.45) is 0. The van der Waals surface area contributed by atoms with Gasteiger partial charge in [0.25, 0.3) is 5.69 Å². The number of para-hydroxylation sites is 2. The van der Waals surface area contributed by atoms with Crippen molar-refractivity contribution >= 4 is 50.7 Å². The van der Waals surface area contributed by atoms with Gasteiger partial charge in [-0.15, -0.1) is 0 Å². The highest BCUT2D eigenvalue weighted by molar-refractivity contribution is 6.32. The summed E-state index contributed by atoms with van der Waals surface area (Å²) in [5.74, 6) is 0.593. The molecule has 0 bridgehead atoms. The molecule has 0 saturated heterocycles. The molecule has 0 amide bonds. The van der Waals surface area contributed by atoms with E-state index in [1.54, 1.807) is 25.3 Å². The van der Waals surface area contributed by atoms with Gasteiger partial charge in [-0.25, -0.2) is 9.97 Å². The van der Waals surface area contributed by atoms with Crippen LogP contribution in [0.25, 0.3) is 22.1 Å². The van der Waals surface area contributed by atoms with Crippen LogP contribution >= 0.6 is 11.6 Å². The number of aromatic nitrogens is 2. The SMILES string of the molecule is COc1ccc(Nc2ccc(Cl)c([N+](=O)[O-])c2)c2nc3ccccc3nc12. The second kappa shape index (κ2) is 6.69. The van der Waals surface area contributed by atoms with Crippen LogP contribution in [0.5, 0.6) is 5.75 Å². The van der Waals surface area contributed by atoms with E-state index < -0.39 is 4.92 Å². The lowest BCUT2D eigenvalue weighted by molar-refractivity contribution is -0.384. The molecule has 0 fully saturated rings. The molecule has 0 spiro atoms. The van der Waals surface area contributed by atoms with Gasteiger partial charge >= 0.3 is 0 Å². The van der Waals surface area contributed by atoms with Crippen LogP contribution in [-0.2, 0) is 0 Å². The number of hydrogen-bond donors (Lipinski definition) is 1. The van der Waals surface area contributed by atoms with E-state index in [4.69, 9.17) is 21.3 Å². The number of halogens is 1. The predicted octanol–water partition coefficient (Wildman–Crippen LogP) is 5.10. The van der Waals surface area contributed by atoms with Crippen LogP contribution in [-0.4, -0.2) is 22.0 Å². The fourth-order valence-corrected chi connectivity index (χ4v) is 3.01. The lowest BCUT2D eigenvalue weighted by atomic mass is 10.2. The zero-order valence-electron chi connectivity index (χ0n) is 14.1. The molecule has 134 valence electrons. The quantitative estimate of drug-likeness (QED) is 0.301. The predicted molar refractivity (Wildman–Crippen MR) is 105 cm³/mol. The van der Waals surface area contributed by atoms with Crippen molar-refractivity contribution < 1.29 is 9.66 Å². The molecule has 0 radical (unpaired) electrons. The number of nitrogens with one attached hydrogen (secondary N) is 1. The highest BCUT2D eigenvalue weighted by atomic mass is 35.5. The molecule has 1 N–H and O–H groups in total. The van der Waals surface area contributed by atoms with E-state index in [0.29, 0.717) is 28.2 Å². The van der Waals surface area contributed by atoms with Crippen molar-refractivity contribution in [2.75, 3.05) is 12.4 Å². The summed E-state index contributed by atoms with van der Waals surface area (Å²) < 4.78 is 5.41. The van der Waals surface area contributed by atoms with Gasteiger partial charge in [0, 0.05) is 11.8 Å². The first kappa shape index (κ1) is 17.0. The number of ether oxygens (including phenoxy) is 1. The topological polar surface area (TPSA) is 90.2 Å². The maximum absolute atomic E-state index is 11.1. The first-order valence-electron chi connectivity index (χ1n) is 8.01. The van der Waals surface area contributed by atoms with Crippen LogP contribution < -0.4 is 10.1 Å². The summed E-state index contributed by atoms with van der Waals surface area (Å²) in [6, 6.07) is 15.6. The Morgan fingerprint density at radius 2 is 1.74 bits per heavy atom. The summed E-state index contributed by atoms with van der Waals surface area (Å²) in [6.45, 7) is 0. The van der Waals surface area contributed by atoms with E-state index in [0.717, 1.165) is 11.0 Å². The number of anilines is 2. The normalized spacial score (nSPS) is 10.9. The number of nitro groups is 1. The second-order valence-corrected chi connectivity index (χ2v) is 6.18. The molecular weight excluding hydrogens is 368 g/mol. The van der Waals surface area contributed by atoms with Crippen LogP contribution in [0.3, 0.4) is 0 Å². The van der Waals surface area contributed by atoms with E-state index in [1.165, 1.54) is 12.1 Å². The molecule has 8 heteroatoms. The number of hydrogen-bond acceptors (Lipinski definition) is 6. The third-order valence-corrected chi connectivity index (χ3v) is 4.42. The molecule has 4 aromatic rings. The van der Waals surface area contributed by atoms with Gasteiger partial charge in [-0.05, 0) is 36.4 Å². The highest BCUT2D eigenvalue weighted by Gasteiger charge is 2.15. The average Bonchev–Trinajstić information content (AvgIpc) is 2.68. The number of fused-ring (bicyclic) bond motifs is 2. The van der Waals surface area contributed by atoms with Crippen molar-refractivity contribution in [1.29, 1.82) is 0 Å². The fourth-order valence-electron chi connectivity index (χ4n) is 2.83. The van der Waals surface area contributed by atoms with Crippen molar-refractivity contribution in [2.24, 2.45) is 0 Å². The molecule has 0 aliphatic carbocycles. The van der Waals surface area contributed by atoms with E-state index in [-0.39, 0.29) is 10.7 Å². The van der Waals surface area contributed by atoms with E-state index >= 15 is 0 Å². The Morgan fingerprint density at radius 1 is 1.04 bits per heavy atom. The van der Waals surface area contributed by atoms with E-state index in [2.05, 4.69) is 10.3 Å². The standard InChI is InChI=1S/C19H13ClN4O3/c1-27-17-9-8-15(21-11-6-7-12(20)16(10-11)24(25)26)18-19(17)23-14-5-3-2-4-13(14)22-18/h2-10,21H,1H3. The first-order chi connectivity index (χ1) is 13.1. The van der Waals surface area contributed by atoms with Gasteiger partial charge < -0.3 is 10.1 Å². The van der Waals surface area contributed by atoms with Crippen molar-refractivity contribution in [1.82, 2.24) is 9.97 Å². The molecule has 0 aliphatic heterocycles. The summed E-state index contributed by atoms with van der Waals surface area (Å²) in [7, 11) is 1.57. The molecule has 0 unspecified atom stereocenters. The molecule has 0 atom stereocenters. The van der Waals surface area contributed by atoms with Gasteiger partial charge in [-0.1, -0.05) is 23.7 Å². The minimum Gasteiger partial charge on any atom is -0.494 e. The van der Waals surface area contributed by atoms with Gasteiger partial charge in [-0.2, -0.15) is 0 Å². The molecule has 0 aliphatic rings. The lowest BCUT2D eigenvalue weighted by Gasteiger charge is -2.12. The highest BCUT2D eigenvalue weighted by Crippen LogP contribution is 2.34. The first-order valence-corrected chi connectivity index (χ1v) is 8.39. The van der Waals surface area contributed by atoms with Crippen LogP contribution in [0, 0.1) is 10.1 Å². The Kier molecular flexibility index (Phi) is 4.21. The Labute approximate surface area is 158 Å². The molecule has 27 heavy (non-hydrogen) atoms. The summed E-state index contributed by atoms with van der Waals surface area (Å²) in [4.78, 5) is 19.9. The largest absolute Gasteiger partial charge is 0.494 e. The van der Waals surface area contributed by atoms with Crippen LogP contribution in [0.2, 0.25) is 5.02 Å². The Balaban J connectivity index is 1.88. The minimum atomic E-state index is -0.521. The third-order valence-electron chi connectivity index (χ3n) is 4.10. The molecule has 3 aromatic carbocycles. The van der Waals surface area contributed by atoms with Gasteiger partial charge in [0.2, 0.25) is 0 Å². The average molecular weight is 381 g/mol. The molecule has 7 nitrogen and oxygen atoms in total. The smallest absolute Gasteiger partial charge is 0.289 e. The number of methoxy groups -OCH3 is 1. The third kappa shape index (κ3) is 3.09. The van der Waals surface area contributed by atoms with Crippen LogP contribution in [0.1, 0.15) is 0 Å². The monoisotopic (exact) mass is 380 g/mol. The van der Waals surface area contributed by atoms with Crippen molar-refractivity contribution in [3.8, 4) is 5.75 Å². The van der Waals surface area contributed by atoms with Crippen molar-refractivity contribution in [2.45, 2.75) is 0 Å². The molecule has 1 aromatic heterocycles. The maximum atomic E-state index is 11.1. The maximum Gasteiger partial charge on any atom is 0.289 e. The second-order valence-electron chi connectivity index (χ2n) is 5.77. The van der Waals surface area contributed by atoms with Gasteiger partial charge in [-0.3, -0.25) is 10.1 Å². The Morgan fingerprint density at radius 3 is 2.41 bits per heavy atom. The lowest BCUT2D eigenvalue weighted by Crippen LogP contribution is -1.98.